The summed E-state index contributed by atoms with van der Waals surface area (Å²) >= 11 is 0. The number of carbonyl (C=O) groups excluding carboxylic acids is 2. The summed E-state index contributed by atoms with van der Waals surface area (Å²) in [6.45, 7) is 4.35. The standard InChI is InChI=1S/C30H37N3O6S/c1-21-10-8-13-26(22(21)2)33(40(5,36)37)19-9-14-29(34)32-25-12-7-6-11-24(25)30(35)31-18-17-23-15-16-27(38-3)28(20-23)39-4/h6-8,10-13,15-16,20H,9,14,17-19H2,1-5H3,(H,31,35)(H,32,34). The zero-order valence-corrected chi connectivity index (χ0v) is 24.4. The van der Waals surface area contributed by atoms with Crippen molar-refractivity contribution in [2.45, 2.75) is 33.1 Å². The number of carbonyl (C=O) groups is 2. The van der Waals surface area contributed by atoms with Gasteiger partial charge in [0.2, 0.25) is 15.9 Å². The Balaban J connectivity index is 1.58. The summed E-state index contributed by atoms with van der Waals surface area (Å²) in [4.78, 5) is 25.7. The number of aryl methyl sites for hydroxylation is 1. The molecule has 0 bridgehead atoms. The van der Waals surface area contributed by atoms with Crippen LogP contribution < -0.4 is 24.4 Å². The van der Waals surface area contributed by atoms with Gasteiger partial charge in [0.15, 0.2) is 11.5 Å². The van der Waals surface area contributed by atoms with Crippen LogP contribution in [0.3, 0.4) is 0 Å². The van der Waals surface area contributed by atoms with Gasteiger partial charge in [-0.3, -0.25) is 13.9 Å². The van der Waals surface area contributed by atoms with E-state index < -0.39 is 10.0 Å². The van der Waals surface area contributed by atoms with Crippen LogP contribution in [0.4, 0.5) is 11.4 Å². The molecular weight excluding hydrogens is 530 g/mol. The first kappa shape index (κ1) is 30.5. The molecule has 3 rings (SSSR count). The number of anilines is 2. The number of nitrogens with one attached hydrogen (secondary N) is 2. The maximum absolute atomic E-state index is 12.9. The highest BCUT2D eigenvalue weighted by Gasteiger charge is 2.20. The molecule has 0 atom stereocenters. The lowest BCUT2D eigenvalue weighted by Gasteiger charge is -2.25. The molecule has 0 saturated carbocycles. The Hall–Kier alpha value is -4.05. The highest BCUT2D eigenvalue weighted by molar-refractivity contribution is 7.92. The summed E-state index contributed by atoms with van der Waals surface area (Å²) in [7, 11) is -0.388. The van der Waals surface area contributed by atoms with Crippen LogP contribution in [0.1, 0.15) is 39.9 Å². The van der Waals surface area contributed by atoms with E-state index in [0.717, 1.165) is 22.9 Å². The summed E-state index contributed by atoms with van der Waals surface area (Å²) in [5, 5.41) is 5.70. The quantitative estimate of drug-likeness (QED) is 0.315. The predicted molar refractivity (Wildman–Crippen MR) is 158 cm³/mol. The second kappa shape index (κ2) is 13.8. The lowest BCUT2D eigenvalue weighted by atomic mass is 10.1. The Morgan fingerprint density at radius 2 is 1.65 bits per heavy atom. The van der Waals surface area contributed by atoms with Gasteiger partial charge in [-0.1, -0.05) is 30.3 Å². The number of amides is 2. The molecule has 0 saturated heterocycles. The molecule has 3 aromatic carbocycles. The lowest BCUT2D eigenvalue weighted by molar-refractivity contribution is -0.116. The Labute approximate surface area is 236 Å². The van der Waals surface area contributed by atoms with Crippen LogP contribution in [0.2, 0.25) is 0 Å². The highest BCUT2D eigenvalue weighted by atomic mass is 32.2. The lowest BCUT2D eigenvalue weighted by Crippen LogP contribution is -2.32. The number of benzene rings is 3. The highest BCUT2D eigenvalue weighted by Crippen LogP contribution is 2.28. The van der Waals surface area contributed by atoms with Crippen molar-refractivity contribution in [2.75, 3.05) is 43.2 Å². The van der Waals surface area contributed by atoms with Gasteiger partial charge in [-0.2, -0.15) is 0 Å². The fraction of sp³-hybridized carbons (Fsp3) is 0.333. The molecule has 0 unspecified atom stereocenters. The number of sulfonamides is 1. The molecule has 0 fully saturated rings. The molecule has 0 radical (unpaired) electrons. The first-order chi connectivity index (χ1) is 19.0. The van der Waals surface area contributed by atoms with Crippen LogP contribution in [0, 0.1) is 13.8 Å². The van der Waals surface area contributed by atoms with E-state index in [1.165, 1.54) is 4.31 Å². The molecular formula is C30H37N3O6S. The summed E-state index contributed by atoms with van der Waals surface area (Å²) in [6, 6.07) is 17.9. The summed E-state index contributed by atoms with van der Waals surface area (Å²) in [6.07, 6.45) is 2.14. The third kappa shape index (κ3) is 7.98. The van der Waals surface area contributed by atoms with Gasteiger partial charge in [0, 0.05) is 19.5 Å². The van der Waals surface area contributed by atoms with Gasteiger partial charge in [0.25, 0.3) is 5.91 Å². The van der Waals surface area contributed by atoms with E-state index in [1.807, 2.05) is 44.2 Å². The number of hydrogen-bond donors (Lipinski definition) is 2. The van der Waals surface area contributed by atoms with Gasteiger partial charge >= 0.3 is 0 Å². The first-order valence-corrected chi connectivity index (χ1v) is 14.8. The Bertz CT molecular complexity index is 1460. The average molecular weight is 568 g/mol. The fourth-order valence-corrected chi connectivity index (χ4v) is 5.32. The topological polar surface area (TPSA) is 114 Å². The summed E-state index contributed by atoms with van der Waals surface area (Å²) in [5.74, 6) is 0.636. The maximum Gasteiger partial charge on any atom is 0.253 e. The van der Waals surface area contributed by atoms with Crippen molar-refractivity contribution in [1.29, 1.82) is 0 Å². The van der Waals surface area contributed by atoms with Crippen molar-refractivity contribution in [3.05, 3.63) is 82.9 Å². The monoisotopic (exact) mass is 567 g/mol. The second-order valence-corrected chi connectivity index (χ2v) is 11.4. The van der Waals surface area contributed by atoms with Gasteiger partial charge in [-0.05, 0) is 73.7 Å². The minimum absolute atomic E-state index is 0.0894. The van der Waals surface area contributed by atoms with E-state index in [0.29, 0.717) is 47.8 Å². The molecule has 214 valence electrons. The minimum atomic E-state index is -3.53. The van der Waals surface area contributed by atoms with Crippen LogP contribution in [-0.2, 0) is 21.2 Å². The molecule has 3 aromatic rings. The number of rotatable bonds is 13. The third-order valence-electron chi connectivity index (χ3n) is 6.60. The average Bonchev–Trinajstić information content (AvgIpc) is 2.92. The molecule has 0 spiro atoms. The van der Waals surface area contributed by atoms with E-state index in [2.05, 4.69) is 10.6 Å². The number of ether oxygens (including phenoxy) is 2. The zero-order chi connectivity index (χ0) is 29.3. The third-order valence-corrected chi connectivity index (χ3v) is 7.78. The Morgan fingerprint density at radius 3 is 2.35 bits per heavy atom. The SMILES string of the molecule is COc1ccc(CCNC(=O)c2ccccc2NC(=O)CCCN(c2cccc(C)c2C)S(C)(=O)=O)cc1OC. The minimum Gasteiger partial charge on any atom is -0.493 e. The van der Waals surface area contributed by atoms with Crippen molar-refractivity contribution in [3.8, 4) is 11.5 Å². The van der Waals surface area contributed by atoms with Crippen molar-refractivity contribution >= 4 is 33.2 Å². The molecule has 10 heteroatoms. The van der Waals surface area contributed by atoms with Gasteiger partial charge in [0.05, 0.1) is 37.4 Å². The van der Waals surface area contributed by atoms with Crippen LogP contribution in [0.25, 0.3) is 0 Å². The summed E-state index contributed by atoms with van der Waals surface area (Å²) in [5.41, 5.74) is 4.19. The molecule has 40 heavy (non-hydrogen) atoms. The van der Waals surface area contributed by atoms with Crippen molar-refractivity contribution < 1.29 is 27.5 Å². The Kier molecular flexibility index (Phi) is 10.6. The molecule has 9 nitrogen and oxygen atoms in total. The second-order valence-electron chi connectivity index (χ2n) is 9.45. The molecule has 2 N–H and O–H groups in total. The van der Waals surface area contributed by atoms with E-state index in [9.17, 15) is 18.0 Å². The van der Waals surface area contributed by atoms with E-state index in [1.54, 1.807) is 44.6 Å². The van der Waals surface area contributed by atoms with Crippen molar-refractivity contribution in [3.63, 3.8) is 0 Å². The molecule has 0 aromatic heterocycles. The first-order valence-electron chi connectivity index (χ1n) is 13.0. The van der Waals surface area contributed by atoms with Crippen LogP contribution in [-0.4, -0.2) is 53.8 Å². The van der Waals surface area contributed by atoms with Gasteiger partial charge in [-0.25, -0.2) is 8.42 Å². The van der Waals surface area contributed by atoms with Crippen LogP contribution in [0.5, 0.6) is 11.5 Å². The van der Waals surface area contributed by atoms with E-state index in [-0.39, 0.29) is 24.8 Å². The normalized spacial score (nSPS) is 11.0. The number of hydrogen-bond acceptors (Lipinski definition) is 6. The smallest absolute Gasteiger partial charge is 0.253 e. The zero-order valence-electron chi connectivity index (χ0n) is 23.6. The number of para-hydroxylation sites is 1. The van der Waals surface area contributed by atoms with Gasteiger partial charge < -0.3 is 20.1 Å². The Morgan fingerprint density at radius 1 is 0.925 bits per heavy atom. The maximum atomic E-state index is 12.9. The fourth-order valence-electron chi connectivity index (χ4n) is 4.31. The van der Waals surface area contributed by atoms with Crippen molar-refractivity contribution in [2.24, 2.45) is 0 Å². The number of methoxy groups -OCH3 is 2. The molecule has 0 heterocycles. The van der Waals surface area contributed by atoms with Crippen molar-refractivity contribution in [1.82, 2.24) is 5.32 Å². The molecule has 0 aliphatic heterocycles. The van der Waals surface area contributed by atoms with E-state index in [4.69, 9.17) is 9.47 Å². The molecule has 0 aliphatic carbocycles. The van der Waals surface area contributed by atoms with Gasteiger partial charge in [-0.15, -0.1) is 0 Å². The summed E-state index contributed by atoms with van der Waals surface area (Å²) < 4.78 is 36.9. The van der Waals surface area contributed by atoms with Gasteiger partial charge in [0.1, 0.15) is 0 Å². The molecule has 2 amide bonds. The van der Waals surface area contributed by atoms with Crippen LogP contribution in [0.15, 0.2) is 60.7 Å². The number of nitrogens with zero attached hydrogens (tertiary/aromatic N) is 1. The molecule has 0 aliphatic rings. The predicted octanol–water partition coefficient (Wildman–Crippen LogP) is 4.48. The largest absolute Gasteiger partial charge is 0.493 e. The van der Waals surface area contributed by atoms with Crippen LogP contribution >= 0.6 is 0 Å². The van der Waals surface area contributed by atoms with E-state index >= 15 is 0 Å².